The van der Waals surface area contributed by atoms with E-state index in [4.69, 9.17) is 23.2 Å². The first-order valence-corrected chi connectivity index (χ1v) is 16.9. The zero-order chi connectivity index (χ0) is 33.1. The fraction of sp³-hybridized carbons (Fsp3) is 0.351. The van der Waals surface area contributed by atoms with Crippen LogP contribution in [0.25, 0.3) is 10.9 Å². The summed E-state index contributed by atoms with van der Waals surface area (Å²) < 4.78 is 2.02. The van der Waals surface area contributed by atoms with Crippen molar-refractivity contribution in [2.45, 2.75) is 70.6 Å². The van der Waals surface area contributed by atoms with Crippen molar-refractivity contribution < 1.29 is 0 Å². The first-order valence-electron chi connectivity index (χ1n) is 16.2. The van der Waals surface area contributed by atoms with Crippen molar-refractivity contribution in [2.24, 2.45) is 0 Å². The molecular weight excluding hydrogens is 627 g/mol. The molecule has 0 radical (unpaired) electrons. The molecule has 1 aliphatic rings. The normalized spacial score (nSPS) is 15.7. The molecule has 3 heterocycles. The Morgan fingerprint density at radius 1 is 0.979 bits per heavy atom. The molecule has 2 atom stereocenters. The van der Waals surface area contributed by atoms with Gasteiger partial charge in [0.2, 0.25) is 0 Å². The van der Waals surface area contributed by atoms with Crippen molar-refractivity contribution in [3.63, 3.8) is 0 Å². The summed E-state index contributed by atoms with van der Waals surface area (Å²) >= 11 is 13.2. The van der Waals surface area contributed by atoms with Crippen LogP contribution in [0, 0.1) is 11.3 Å². The minimum Gasteiger partial charge on any atom is -0.377 e. The van der Waals surface area contributed by atoms with Crippen LogP contribution in [0.15, 0.2) is 79.1 Å². The minimum atomic E-state index is -0.333. The van der Waals surface area contributed by atoms with Crippen LogP contribution >= 0.6 is 23.2 Å². The molecule has 1 aliphatic heterocycles. The first-order chi connectivity index (χ1) is 22.6. The molecule has 0 bridgehead atoms. The number of aromatic nitrogens is 4. The Hall–Kier alpha value is -4.16. The lowest BCUT2D eigenvalue weighted by Crippen LogP contribution is -2.46. The van der Waals surface area contributed by atoms with Gasteiger partial charge in [-0.15, -0.1) is 5.10 Å². The van der Waals surface area contributed by atoms with Gasteiger partial charge in [0, 0.05) is 40.9 Å². The summed E-state index contributed by atoms with van der Waals surface area (Å²) in [6.45, 7) is 11.0. The molecule has 1 saturated heterocycles. The number of hydrogen-bond acceptors (Lipinski definition) is 7. The van der Waals surface area contributed by atoms with Crippen LogP contribution in [0.4, 0.5) is 11.4 Å². The second-order valence-electron chi connectivity index (χ2n) is 13.2. The van der Waals surface area contributed by atoms with Crippen LogP contribution in [0.3, 0.4) is 0 Å². The number of likely N-dealkylation sites (tertiary alicyclic amines) is 1. The molecule has 2 aromatic heterocycles. The predicted octanol–water partition coefficient (Wildman–Crippen LogP) is 9.20. The molecule has 6 rings (SSSR count). The van der Waals surface area contributed by atoms with Crippen LogP contribution in [0.5, 0.6) is 0 Å². The Kier molecular flexibility index (Phi) is 9.70. The van der Waals surface area contributed by atoms with Crippen molar-refractivity contribution in [3.05, 3.63) is 112 Å². The maximum Gasteiger partial charge on any atom is 0.109 e. The number of hydrogen-bond donors (Lipinski definition) is 2. The fourth-order valence-electron chi connectivity index (χ4n) is 6.42. The van der Waals surface area contributed by atoms with E-state index in [1.807, 2.05) is 59.3 Å². The van der Waals surface area contributed by atoms with Gasteiger partial charge in [0.25, 0.3) is 0 Å². The van der Waals surface area contributed by atoms with E-state index in [0.717, 1.165) is 60.2 Å². The van der Waals surface area contributed by atoms with Crippen molar-refractivity contribution in [1.29, 1.82) is 5.26 Å². The summed E-state index contributed by atoms with van der Waals surface area (Å²) in [6.07, 6.45) is 6.51. The van der Waals surface area contributed by atoms with E-state index < -0.39 is 0 Å². The standard InChI is InChI=1S/C37H40Cl2N8/c1-5-32(24-9-7-6-8-10-24)43-34-26(21-40)22-41-36-30(34)19-28(20-31(36)39)42-35(25-11-13-27(38)14-12-25)33-23-47(45-44-33)29-15-17-46(18-16-29)37(2,3)4/h6-14,19-20,22-23,29,32,35,42H,5,15-18H2,1-4H3,(H,41,43). The Bertz CT molecular complexity index is 1870. The van der Waals surface area contributed by atoms with Crippen molar-refractivity contribution >= 4 is 45.5 Å². The number of fused-ring (bicyclic) bond motifs is 1. The molecule has 242 valence electrons. The number of pyridine rings is 1. The molecule has 0 aliphatic carbocycles. The van der Waals surface area contributed by atoms with Gasteiger partial charge in [-0.2, -0.15) is 5.26 Å². The number of nitriles is 1. The Morgan fingerprint density at radius 3 is 2.36 bits per heavy atom. The summed E-state index contributed by atoms with van der Waals surface area (Å²) in [7, 11) is 0. The quantitative estimate of drug-likeness (QED) is 0.162. The summed E-state index contributed by atoms with van der Waals surface area (Å²) in [4.78, 5) is 7.10. The summed E-state index contributed by atoms with van der Waals surface area (Å²) in [5.41, 5.74) is 5.61. The molecule has 1 fully saturated rings. The largest absolute Gasteiger partial charge is 0.377 e. The summed E-state index contributed by atoms with van der Waals surface area (Å²) in [5.74, 6) is 0. The third kappa shape index (κ3) is 7.23. The summed E-state index contributed by atoms with van der Waals surface area (Å²) in [5, 5.41) is 28.6. The van der Waals surface area contributed by atoms with E-state index in [2.05, 4.69) is 82.9 Å². The predicted molar refractivity (Wildman–Crippen MR) is 191 cm³/mol. The van der Waals surface area contributed by atoms with Gasteiger partial charge >= 0.3 is 0 Å². The lowest BCUT2D eigenvalue weighted by atomic mass is 9.98. The molecule has 0 amide bonds. The number of benzene rings is 3. The molecule has 2 N–H and O–H groups in total. The lowest BCUT2D eigenvalue weighted by molar-refractivity contribution is 0.0866. The van der Waals surface area contributed by atoms with Gasteiger partial charge in [-0.3, -0.25) is 9.88 Å². The second-order valence-corrected chi connectivity index (χ2v) is 14.0. The Morgan fingerprint density at radius 2 is 1.70 bits per heavy atom. The third-order valence-corrected chi connectivity index (χ3v) is 9.64. The lowest BCUT2D eigenvalue weighted by Gasteiger charge is -2.40. The average Bonchev–Trinajstić information content (AvgIpc) is 3.57. The molecule has 47 heavy (non-hydrogen) atoms. The van der Waals surface area contributed by atoms with Gasteiger partial charge in [-0.05, 0) is 75.4 Å². The monoisotopic (exact) mass is 666 g/mol. The molecule has 2 unspecified atom stereocenters. The van der Waals surface area contributed by atoms with Crippen molar-refractivity contribution in [2.75, 3.05) is 23.7 Å². The molecule has 0 saturated carbocycles. The summed E-state index contributed by atoms with van der Waals surface area (Å²) in [6, 6.07) is 24.1. The van der Waals surface area contributed by atoms with Crippen molar-refractivity contribution in [1.82, 2.24) is 24.9 Å². The number of halogens is 2. The fourth-order valence-corrected chi connectivity index (χ4v) is 6.81. The molecule has 8 nitrogen and oxygen atoms in total. The van der Waals surface area contributed by atoms with E-state index in [0.29, 0.717) is 26.8 Å². The van der Waals surface area contributed by atoms with Crippen LogP contribution < -0.4 is 10.6 Å². The highest BCUT2D eigenvalue weighted by atomic mass is 35.5. The smallest absolute Gasteiger partial charge is 0.109 e. The van der Waals surface area contributed by atoms with E-state index >= 15 is 0 Å². The van der Waals surface area contributed by atoms with Gasteiger partial charge in [-0.25, -0.2) is 4.68 Å². The molecule has 0 spiro atoms. The van der Waals surface area contributed by atoms with Crippen LogP contribution in [0.2, 0.25) is 10.0 Å². The molecular formula is C37H40Cl2N8. The maximum atomic E-state index is 10.1. The van der Waals surface area contributed by atoms with E-state index in [9.17, 15) is 5.26 Å². The zero-order valence-electron chi connectivity index (χ0n) is 27.2. The molecule has 3 aromatic carbocycles. The topological polar surface area (TPSA) is 94.7 Å². The van der Waals surface area contributed by atoms with Crippen LogP contribution in [0.1, 0.15) is 87.5 Å². The Balaban J connectivity index is 1.35. The van der Waals surface area contributed by atoms with E-state index in [-0.39, 0.29) is 23.7 Å². The average molecular weight is 668 g/mol. The van der Waals surface area contributed by atoms with Gasteiger partial charge in [0.1, 0.15) is 11.8 Å². The SMILES string of the molecule is CCC(Nc1c(C#N)cnc2c(Cl)cc(NC(c3ccc(Cl)cc3)c3cn(C4CCN(C(C)(C)C)CC4)nn3)cc12)c1ccccc1. The number of piperidine rings is 1. The zero-order valence-corrected chi connectivity index (χ0v) is 28.7. The Labute approximate surface area is 286 Å². The number of anilines is 2. The van der Waals surface area contributed by atoms with Crippen LogP contribution in [-0.2, 0) is 0 Å². The van der Waals surface area contributed by atoms with E-state index in [1.165, 1.54) is 0 Å². The third-order valence-electron chi connectivity index (χ3n) is 9.10. The van der Waals surface area contributed by atoms with Gasteiger partial charge in [-0.1, -0.05) is 77.8 Å². The van der Waals surface area contributed by atoms with Crippen LogP contribution in [-0.4, -0.2) is 43.5 Å². The van der Waals surface area contributed by atoms with Gasteiger partial charge in [0.15, 0.2) is 0 Å². The maximum absolute atomic E-state index is 10.1. The van der Waals surface area contributed by atoms with E-state index in [1.54, 1.807) is 6.20 Å². The number of nitrogens with zero attached hydrogens (tertiary/aromatic N) is 6. The highest BCUT2D eigenvalue weighted by Crippen LogP contribution is 2.38. The number of rotatable bonds is 9. The highest BCUT2D eigenvalue weighted by molar-refractivity contribution is 6.36. The first kappa shape index (κ1) is 32.8. The highest BCUT2D eigenvalue weighted by Gasteiger charge is 2.29. The van der Waals surface area contributed by atoms with Gasteiger partial charge < -0.3 is 10.6 Å². The second kappa shape index (κ2) is 13.9. The minimum absolute atomic E-state index is 0.00332. The molecule has 5 aromatic rings. The van der Waals surface area contributed by atoms with Gasteiger partial charge in [0.05, 0.1) is 46.1 Å². The molecule has 10 heteroatoms. The van der Waals surface area contributed by atoms with Crippen molar-refractivity contribution in [3.8, 4) is 6.07 Å². The number of nitrogens with one attached hydrogen (secondary N) is 2.